The van der Waals surface area contributed by atoms with Crippen molar-refractivity contribution >= 4 is 0 Å². The van der Waals surface area contributed by atoms with Crippen LogP contribution in [-0.4, -0.2) is 64.5 Å². The quantitative estimate of drug-likeness (QED) is 0.577. The van der Waals surface area contributed by atoms with Gasteiger partial charge in [0.25, 0.3) is 0 Å². The molecule has 0 atom stereocenters. The van der Waals surface area contributed by atoms with Gasteiger partial charge in [0, 0.05) is 38.3 Å². The molecule has 0 bridgehead atoms. The molecule has 0 unspecified atom stereocenters. The monoisotopic (exact) mass is 381 g/mol. The van der Waals surface area contributed by atoms with Crippen LogP contribution in [0.4, 0.5) is 0 Å². The van der Waals surface area contributed by atoms with E-state index in [9.17, 15) is 0 Å². The number of aromatic nitrogens is 4. The van der Waals surface area contributed by atoms with E-state index in [-0.39, 0.29) is 0 Å². The van der Waals surface area contributed by atoms with Gasteiger partial charge in [0.1, 0.15) is 5.75 Å². The van der Waals surface area contributed by atoms with E-state index in [0.717, 1.165) is 62.0 Å². The van der Waals surface area contributed by atoms with Crippen LogP contribution in [0.3, 0.4) is 0 Å². The summed E-state index contributed by atoms with van der Waals surface area (Å²) in [6.45, 7) is 7.13. The summed E-state index contributed by atoms with van der Waals surface area (Å²) in [5, 5.41) is 3.95. The summed E-state index contributed by atoms with van der Waals surface area (Å²) in [6.07, 6.45) is 4.43. The molecule has 1 saturated heterocycles. The van der Waals surface area contributed by atoms with Crippen molar-refractivity contribution in [1.82, 2.24) is 25.0 Å². The van der Waals surface area contributed by atoms with E-state index in [1.54, 1.807) is 19.3 Å². The lowest BCUT2D eigenvalue weighted by atomic mass is 10.1. The second-order valence-corrected chi connectivity index (χ2v) is 6.60. The highest BCUT2D eigenvalue weighted by Crippen LogP contribution is 2.22. The van der Waals surface area contributed by atoms with Crippen molar-refractivity contribution in [3.05, 3.63) is 42.5 Å². The molecular formula is C20H23N5O3. The Bertz CT molecular complexity index is 891. The Labute approximate surface area is 163 Å². The SMILES string of the molecule is Cc1nc(-c2ccnc(-c3ccc(OCCCN4CCOCC4)cn3)c2)no1. The number of rotatable bonds is 7. The summed E-state index contributed by atoms with van der Waals surface area (Å²) < 4.78 is 16.2. The van der Waals surface area contributed by atoms with Crippen LogP contribution in [0.25, 0.3) is 22.8 Å². The van der Waals surface area contributed by atoms with Crippen LogP contribution in [-0.2, 0) is 4.74 Å². The molecule has 0 aromatic carbocycles. The zero-order chi connectivity index (χ0) is 19.2. The lowest BCUT2D eigenvalue weighted by Gasteiger charge is -2.26. The first-order chi connectivity index (χ1) is 13.8. The van der Waals surface area contributed by atoms with Gasteiger partial charge in [-0.25, -0.2) is 0 Å². The Kier molecular flexibility index (Phi) is 5.89. The van der Waals surface area contributed by atoms with Crippen molar-refractivity contribution in [3.63, 3.8) is 0 Å². The molecule has 0 radical (unpaired) electrons. The van der Waals surface area contributed by atoms with Crippen LogP contribution in [0.5, 0.6) is 5.75 Å². The fourth-order valence-corrected chi connectivity index (χ4v) is 3.05. The van der Waals surface area contributed by atoms with Crippen LogP contribution in [0.2, 0.25) is 0 Å². The predicted molar refractivity (Wildman–Crippen MR) is 103 cm³/mol. The molecule has 0 amide bonds. The van der Waals surface area contributed by atoms with E-state index in [1.165, 1.54) is 0 Å². The van der Waals surface area contributed by atoms with Crippen LogP contribution < -0.4 is 4.74 Å². The lowest BCUT2D eigenvalue weighted by Crippen LogP contribution is -2.37. The fraction of sp³-hybridized carbons (Fsp3) is 0.400. The van der Waals surface area contributed by atoms with Crippen molar-refractivity contribution in [1.29, 1.82) is 0 Å². The van der Waals surface area contributed by atoms with Gasteiger partial charge in [-0.1, -0.05) is 5.16 Å². The molecule has 28 heavy (non-hydrogen) atoms. The summed E-state index contributed by atoms with van der Waals surface area (Å²) in [5.41, 5.74) is 2.36. The molecule has 1 aliphatic rings. The van der Waals surface area contributed by atoms with Gasteiger partial charge in [-0.2, -0.15) is 4.98 Å². The second-order valence-electron chi connectivity index (χ2n) is 6.60. The molecule has 8 nitrogen and oxygen atoms in total. The Hall–Kier alpha value is -2.84. The normalized spacial score (nSPS) is 14.9. The van der Waals surface area contributed by atoms with Crippen molar-refractivity contribution < 1.29 is 14.0 Å². The van der Waals surface area contributed by atoms with Gasteiger partial charge in [0.15, 0.2) is 0 Å². The average Bonchev–Trinajstić information content (AvgIpc) is 3.19. The summed E-state index contributed by atoms with van der Waals surface area (Å²) >= 11 is 0. The molecule has 1 aliphatic heterocycles. The number of aryl methyl sites for hydroxylation is 1. The Morgan fingerprint density at radius 2 is 2.00 bits per heavy atom. The maximum Gasteiger partial charge on any atom is 0.223 e. The van der Waals surface area contributed by atoms with Gasteiger partial charge >= 0.3 is 0 Å². The molecule has 0 aliphatic carbocycles. The van der Waals surface area contributed by atoms with E-state index in [4.69, 9.17) is 14.0 Å². The number of pyridine rings is 2. The van der Waals surface area contributed by atoms with Crippen molar-refractivity contribution in [2.75, 3.05) is 39.5 Å². The van der Waals surface area contributed by atoms with Crippen LogP contribution >= 0.6 is 0 Å². The Morgan fingerprint density at radius 3 is 2.75 bits per heavy atom. The topological polar surface area (TPSA) is 86.4 Å². The molecule has 0 saturated carbocycles. The van der Waals surface area contributed by atoms with Gasteiger partial charge in [-0.15, -0.1) is 0 Å². The zero-order valence-corrected chi connectivity index (χ0v) is 15.9. The maximum atomic E-state index is 5.81. The number of hydrogen-bond acceptors (Lipinski definition) is 8. The van der Waals surface area contributed by atoms with E-state index in [0.29, 0.717) is 18.3 Å². The molecule has 146 valence electrons. The smallest absolute Gasteiger partial charge is 0.223 e. The molecule has 3 aromatic heterocycles. The first-order valence-corrected chi connectivity index (χ1v) is 9.44. The van der Waals surface area contributed by atoms with Gasteiger partial charge in [0.05, 0.1) is 37.4 Å². The Morgan fingerprint density at radius 1 is 1.11 bits per heavy atom. The summed E-state index contributed by atoms with van der Waals surface area (Å²) in [6, 6.07) is 7.57. The average molecular weight is 381 g/mol. The van der Waals surface area contributed by atoms with Crippen molar-refractivity contribution in [3.8, 4) is 28.5 Å². The highest BCUT2D eigenvalue weighted by atomic mass is 16.5. The highest BCUT2D eigenvalue weighted by molar-refractivity contribution is 5.64. The molecule has 1 fully saturated rings. The predicted octanol–water partition coefficient (Wildman–Crippen LogP) is 2.60. The van der Waals surface area contributed by atoms with E-state index in [1.807, 2.05) is 24.3 Å². The molecule has 0 spiro atoms. The second kappa shape index (κ2) is 8.90. The minimum absolute atomic E-state index is 0.529. The maximum absolute atomic E-state index is 5.81. The van der Waals surface area contributed by atoms with Gasteiger partial charge in [-0.3, -0.25) is 14.9 Å². The third kappa shape index (κ3) is 4.71. The molecule has 0 N–H and O–H groups in total. The number of morpholine rings is 1. The van der Waals surface area contributed by atoms with E-state index >= 15 is 0 Å². The summed E-state index contributed by atoms with van der Waals surface area (Å²) in [4.78, 5) is 15.5. The minimum Gasteiger partial charge on any atom is -0.492 e. The first kappa shape index (κ1) is 18.5. The van der Waals surface area contributed by atoms with Gasteiger partial charge in [0.2, 0.25) is 11.7 Å². The summed E-state index contributed by atoms with van der Waals surface area (Å²) in [5.74, 6) is 1.83. The minimum atomic E-state index is 0.529. The van der Waals surface area contributed by atoms with Crippen LogP contribution in [0.15, 0.2) is 41.2 Å². The third-order valence-electron chi connectivity index (χ3n) is 4.54. The molecule has 3 aromatic rings. The van der Waals surface area contributed by atoms with Crippen LogP contribution in [0, 0.1) is 6.92 Å². The standard InChI is InChI=1S/C20H23N5O3/c1-15-23-20(24-28-15)16-5-6-21-19(13-16)18-4-3-17(14-22-18)27-10-2-7-25-8-11-26-12-9-25/h3-6,13-14H,2,7-12H2,1H3. The van der Waals surface area contributed by atoms with E-state index < -0.39 is 0 Å². The van der Waals surface area contributed by atoms with Crippen molar-refractivity contribution in [2.24, 2.45) is 0 Å². The Balaban J connectivity index is 1.33. The molecule has 4 heterocycles. The van der Waals surface area contributed by atoms with Gasteiger partial charge < -0.3 is 14.0 Å². The first-order valence-electron chi connectivity index (χ1n) is 9.44. The molecular weight excluding hydrogens is 358 g/mol. The van der Waals surface area contributed by atoms with E-state index in [2.05, 4.69) is 25.0 Å². The van der Waals surface area contributed by atoms with Gasteiger partial charge in [-0.05, 0) is 30.7 Å². The van der Waals surface area contributed by atoms with Crippen molar-refractivity contribution in [2.45, 2.75) is 13.3 Å². The largest absolute Gasteiger partial charge is 0.492 e. The highest BCUT2D eigenvalue weighted by Gasteiger charge is 2.10. The van der Waals surface area contributed by atoms with Crippen LogP contribution in [0.1, 0.15) is 12.3 Å². The summed E-state index contributed by atoms with van der Waals surface area (Å²) in [7, 11) is 0. The number of ether oxygens (including phenoxy) is 2. The fourth-order valence-electron chi connectivity index (χ4n) is 3.05. The number of hydrogen-bond donors (Lipinski definition) is 0. The zero-order valence-electron chi connectivity index (χ0n) is 15.9. The number of nitrogens with zero attached hydrogens (tertiary/aromatic N) is 5. The third-order valence-corrected chi connectivity index (χ3v) is 4.54. The molecule has 8 heteroatoms. The molecule has 4 rings (SSSR count). The lowest BCUT2D eigenvalue weighted by molar-refractivity contribution is 0.0358.